The molecular formula is C25H24N4O3. The average Bonchev–Trinajstić information content (AvgIpc) is 3.32. The van der Waals surface area contributed by atoms with E-state index in [0.29, 0.717) is 23.4 Å². The number of amides is 3. The number of carbonyl (C=O) groups excluding carboxylic acids is 3. The Morgan fingerprint density at radius 1 is 1.03 bits per heavy atom. The minimum Gasteiger partial charge on any atom is -0.346 e. The summed E-state index contributed by atoms with van der Waals surface area (Å²) in [5.41, 5.74) is 4.11. The first-order chi connectivity index (χ1) is 15.4. The van der Waals surface area contributed by atoms with Crippen LogP contribution < -0.4 is 10.2 Å². The number of nitrogens with one attached hydrogen (secondary N) is 1. The molecule has 0 bridgehead atoms. The van der Waals surface area contributed by atoms with E-state index in [4.69, 9.17) is 0 Å². The van der Waals surface area contributed by atoms with Gasteiger partial charge in [0.05, 0.1) is 29.1 Å². The number of benzene rings is 2. The van der Waals surface area contributed by atoms with Gasteiger partial charge in [-0.15, -0.1) is 0 Å². The molecule has 0 fully saturated rings. The standard InChI is InChI=1S/C25H24N4O3/c1-15-6-7-16(2)21(11-15)29-24(31)19-9-8-17(12-20(19)25(29)32)23(30)26-13-18-14-28-10-4-3-5-22(28)27-18/h6-9,11-12,14H,3-5,10,13H2,1-2H3,(H,26,30). The fourth-order valence-corrected chi connectivity index (χ4v) is 4.39. The highest BCUT2D eigenvalue weighted by Gasteiger charge is 2.37. The molecule has 0 saturated heterocycles. The van der Waals surface area contributed by atoms with Gasteiger partial charge in [0.1, 0.15) is 5.82 Å². The summed E-state index contributed by atoms with van der Waals surface area (Å²) in [6.45, 7) is 5.07. The Morgan fingerprint density at radius 3 is 2.66 bits per heavy atom. The molecule has 5 rings (SSSR count). The average molecular weight is 428 g/mol. The van der Waals surface area contributed by atoms with Gasteiger partial charge in [-0.05, 0) is 62.1 Å². The van der Waals surface area contributed by atoms with Crippen LogP contribution in [0.15, 0.2) is 42.6 Å². The first-order valence-electron chi connectivity index (χ1n) is 10.9. The number of imide groups is 1. The van der Waals surface area contributed by atoms with Crippen molar-refractivity contribution in [2.45, 2.75) is 46.2 Å². The lowest BCUT2D eigenvalue weighted by molar-refractivity contribution is 0.0923. The van der Waals surface area contributed by atoms with Gasteiger partial charge in [0, 0.05) is 24.7 Å². The zero-order valence-electron chi connectivity index (χ0n) is 18.1. The van der Waals surface area contributed by atoms with Crippen molar-refractivity contribution in [2.24, 2.45) is 0 Å². The van der Waals surface area contributed by atoms with Gasteiger partial charge >= 0.3 is 0 Å². The summed E-state index contributed by atoms with van der Waals surface area (Å²) in [4.78, 5) is 44.6. The molecule has 3 amide bonds. The number of carbonyl (C=O) groups is 3. The van der Waals surface area contributed by atoms with Crippen LogP contribution in [0, 0.1) is 13.8 Å². The molecule has 0 aliphatic carbocycles. The molecule has 0 saturated carbocycles. The van der Waals surface area contributed by atoms with Crippen LogP contribution in [-0.4, -0.2) is 27.3 Å². The third-order valence-electron chi connectivity index (χ3n) is 6.14. The smallest absolute Gasteiger partial charge is 0.266 e. The van der Waals surface area contributed by atoms with Gasteiger partial charge in [-0.25, -0.2) is 9.88 Å². The summed E-state index contributed by atoms with van der Waals surface area (Å²) in [5.74, 6) is -0.0118. The SMILES string of the molecule is Cc1ccc(C)c(N2C(=O)c3ccc(C(=O)NCc4cn5c(n4)CCCC5)cc3C2=O)c1. The number of aryl methyl sites for hydroxylation is 4. The summed E-state index contributed by atoms with van der Waals surface area (Å²) < 4.78 is 2.15. The topological polar surface area (TPSA) is 84.3 Å². The highest BCUT2D eigenvalue weighted by Crippen LogP contribution is 2.31. The van der Waals surface area contributed by atoms with Gasteiger partial charge in [-0.1, -0.05) is 12.1 Å². The van der Waals surface area contributed by atoms with Crippen molar-refractivity contribution in [3.63, 3.8) is 0 Å². The van der Waals surface area contributed by atoms with E-state index in [9.17, 15) is 14.4 Å². The maximum absolute atomic E-state index is 13.1. The summed E-state index contributed by atoms with van der Waals surface area (Å²) in [5, 5.41) is 2.88. The predicted molar refractivity (Wildman–Crippen MR) is 120 cm³/mol. The molecule has 1 N–H and O–H groups in total. The van der Waals surface area contributed by atoms with Crippen molar-refractivity contribution in [3.05, 3.63) is 81.9 Å². The van der Waals surface area contributed by atoms with Crippen LogP contribution in [0.4, 0.5) is 5.69 Å². The van der Waals surface area contributed by atoms with Crippen LogP contribution in [-0.2, 0) is 19.5 Å². The molecule has 1 aromatic heterocycles. The first kappa shape index (κ1) is 20.2. The monoisotopic (exact) mass is 428 g/mol. The number of imidazole rings is 1. The van der Waals surface area contributed by atoms with Crippen LogP contribution in [0.25, 0.3) is 0 Å². The zero-order chi connectivity index (χ0) is 22.4. The molecule has 2 aliphatic heterocycles. The second-order valence-corrected chi connectivity index (χ2v) is 8.48. The predicted octanol–water partition coefficient (Wildman–Crippen LogP) is 3.57. The number of hydrogen-bond donors (Lipinski definition) is 1. The third kappa shape index (κ3) is 3.39. The molecule has 0 radical (unpaired) electrons. The van der Waals surface area contributed by atoms with Crippen molar-refractivity contribution in [1.29, 1.82) is 0 Å². The second-order valence-electron chi connectivity index (χ2n) is 8.48. The number of rotatable bonds is 4. The van der Waals surface area contributed by atoms with Crippen molar-refractivity contribution < 1.29 is 14.4 Å². The highest BCUT2D eigenvalue weighted by molar-refractivity contribution is 6.35. The number of hydrogen-bond acceptors (Lipinski definition) is 4. The van der Waals surface area contributed by atoms with Crippen LogP contribution in [0.1, 0.15) is 66.6 Å². The fraction of sp³-hybridized carbons (Fsp3) is 0.280. The largest absolute Gasteiger partial charge is 0.346 e. The molecule has 2 aromatic carbocycles. The van der Waals surface area contributed by atoms with E-state index in [0.717, 1.165) is 48.5 Å². The lowest BCUT2D eigenvalue weighted by Gasteiger charge is -2.17. The lowest BCUT2D eigenvalue weighted by atomic mass is 10.1. The zero-order valence-corrected chi connectivity index (χ0v) is 18.1. The molecule has 32 heavy (non-hydrogen) atoms. The van der Waals surface area contributed by atoms with E-state index >= 15 is 0 Å². The van der Waals surface area contributed by atoms with Gasteiger partial charge in [0.2, 0.25) is 0 Å². The van der Waals surface area contributed by atoms with Crippen molar-refractivity contribution in [1.82, 2.24) is 14.9 Å². The van der Waals surface area contributed by atoms with Crippen LogP contribution in [0.5, 0.6) is 0 Å². The number of anilines is 1. The minimum atomic E-state index is -0.407. The molecule has 7 heteroatoms. The summed E-state index contributed by atoms with van der Waals surface area (Å²) in [6, 6.07) is 10.3. The fourth-order valence-electron chi connectivity index (χ4n) is 4.39. The Kier molecular flexibility index (Phi) is 4.89. The Bertz CT molecular complexity index is 1250. The second kappa shape index (κ2) is 7.75. The Morgan fingerprint density at radius 2 is 1.84 bits per heavy atom. The first-order valence-corrected chi connectivity index (χ1v) is 10.9. The van der Waals surface area contributed by atoms with Crippen molar-refractivity contribution in [2.75, 3.05) is 4.90 Å². The van der Waals surface area contributed by atoms with Crippen LogP contribution in [0.3, 0.4) is 0 Å². The summed E-state index contributed by atoms with van der Waals surface area (Å²) in [6.07, 6.45) is 5.24. The molecule has 2 aliphatic rings. The molecule has 0 spiro atoms. The molecule has 162 valence electrons. The minimum absolute atomic E-state index is 0.251. The molecule has 0 atom stereocenters. The quantitative estimate of drug-likeness (QED) is 0.644. The van der Waals surface area contributed by atoms with E-state index < -0.39 is 5.91 Å². The molecule has 0 unspecified atom stereocenters. The Balaban J connectivity index is 1.35. The number of aromatic nitrogens is 2. The van der Waals surface area contributed by atoms with E-state index in [2.05, 4.69) is 14.9 Å². The third-order valence-corrected chi connectivity index (χ3v) is 6.14. The molecular weight excluding hydrogens is 404 g/mol. The lowest BCUT2D eigenvalue weighted by Crippen LogP contribution is -2.30. The van der Waals surface area contributed by atoms with Gasteiger partial charge < -0.3 is 9.88 Å². The van der Waals surface area contributed by atoms with Crippen LogP contribution in [0.2, 0.25) is 0 Å². The summed E-state index contributed by atoms with van der Waals surface area (Å²) in [7, 11) is 0. The summed E-state index contributed by atoms with van der Waals surface area (Å²) >= 11 is 0. The Labute approximate surface area is 186 Å². The van der Waals surface area contributed by atoms with Gasteiger partial charge in [0.15, 0.2) is 0 Å². The van der Waals surface area contributed by atoms with E-state index in [-0.39, 0.29) is 17.4 Å². The normalized spacial score (nSPS) is 15.0. The van der Waals surface area contributed by atoms with Crippen molar-refractivity contribution >= 4 is 23.4 Å². The number of fused-ring (bicyclic) bond motifs is 2. The Hall–Kier alpha value is -3.74. The van der Waals surface area contributed by atoms with Gasteiger partial charge in [-0.3, -0.25) is 14.4 Å². The molecule has 3 heterocycles. The highest BCUT2D eigenvalue weighted by atomic mass is 16.2. The number of nitrogens with zero attached hydrogens (tertiary/aromatic N) is 3. The molecule has 3 aromatic rings. The van der Waals surface area contributed by atoms with E-state index in [1.165, 1.54) is 11.0 Å². The van der Waals surface area contributed by atoms with Crippen molar-refractivity contribution in [3.8, 4) is 0 Å². The van der Waals surface area contributed by atoms with E-state index in [1.54, 1.807) is 12.1 Å². The van der Waals surface area contributed by atoms with Crippen LogP contribution >= 0.6 is 0 Å². The van der Waals surface area contributed by atoms with Gasteiger partial charge in [0.25, 0.3) is 17.7 Å². The van der Waals surface area contributed by atoms with E-state index in [1.807, 2.05) is 38.2 Å². The molecule has 7 nitrogen and oxygen atoms in total. The maximum atomic E-state index is 13.1. The maximum Gasteiger partial charge on any atom is 0.266 e. The van der Waals surface area contributed by atoms with Gasteiger partial charge in [-0.2, -0.15) is 0 Å².